The maximum atomic E-state index is 2.48. The Morgan fingerprint density at radius 2 is 1.45 bits per heavy atom. The fourth-order valence-electron chi connectivity index (χ4n) is 3.64. The zero-order chi connectivity index (χ0) is 16.1. The topological polar surface area (TPSA) is 0 Å². The summed E-state index contributed by atoms with van der Waals surface area (Å²) in [5.74, 6) is 0.467. The van der Waals surface area contributed by atoms with Gasteiger partial charge in [-0.05, 0) is 11.1 Å². The fourth-order valence-corrected chi connectivity index (χ4v) is 7.12. The summed E-state index contributed by atoms with van der Waals surface area (Å²) in [7, 11) is -2.67. The Balaban J connectivity index is 2.15. The largest absolute Gasteiger partial charge is 0.0775 e. The van der Waals surface area contributed by atoms with Crippen molar-refractivity contribution in [2.24, 2.45) is 0 Å². The second-order valence-electron chi connectivity index (χ2n) is 8.54. The second-order valence-corrected chi connectivity index (χ2v) is 18.6. The van der Waals surface area contributed by atoms with Crippen LogP contribution in [0.25, 0.3) is 6.08 Å². The molecule has 0 spiro atoms. The molecule has 0 fully saturated rings. The normalized spacial score (nSPS) is 21.8. The zero-order valence-corrected chi connectivity index (χ0v) is 16.7. The van der Waals surface area contributed by atoms with E-state index in [0.29, 0.717) is 5.92 Å². The van der Waals surface area contributed by atoms with E-state index in [1.54, 1.807) is 16.3 Å². The zero-order valence-electron chi connectivity index (χ0n) is 14.7. The Labute approximate surface area is 137 Å². The average molecular weight is 324 g/mol. The van der Waals surface area contributed by atoms with Gasteiger partial charge in [0.2, 0.25) is 0 Å². The first-order valence-corrected chi connectivity index (χ1v) is 15.3. The van der Waals surface area contributed by atoms with Crippen molar-refractivity contribution in [3.63, 3.8) is 0 Å². The lowest BCUT2D eigenvalue weighted by Gasteiger charge is -2.32. The van der Waals surface area contributed by atoms with Crippen molar-refractivity contribution in [2.75, 3.05) is 0 Å². The molecule has 1 aromatic carbocycles. The Kier molecular flexibility index (Phi) is 3.73. The van der Waals surface area contributed by atoms with Gasteiger partial charge in [0.1, 0.15) is 0 Å². The minimum atomic E-state index is -1.34. The van der Waals surface area contributed by atoms with Crippen molar-refractivity contribution in [2.45, 2.75) is 45.2 Å². The van der Waals surface area contributed by atoms with Crippen LogP contribution in [0.15, 0.2) is 53.3 Å². The smallest absolute Gasteiger partial charge is 0.0762 e. The predicted octanol–water partition coefficient (Wildman–Crippen LogP) is 5.99. The molecule has 2 aliphatic carbocycles. The lowest BCUT2D eigenvalue weighted by Crippen LogP contribution is -2.33. The first-order chi connectivity index (χ1) is 10.2. The molecule has 0 saturated carbocycles. The highest BCUT2D eigenvalue weighted by molar-refractivity contribution is 6.86. The van der Waals surface area contributed by atoms with E-state index in [-0.39, 0.29) is 0 Å². The molecule has 1 atom stereocenters. The third-order valence-corrected chi connectivity index (χ3v) is 8.83. The van der Waals surface area contributed by atoms with Crippen molar-refractivity contribution in [3.05, 3.63) is 69.9 Å². The quantitative estimate of drug-likeness (QED) is 0.599. The van der Waals surface area contributed by atoms with E-state index in [0.717, 1.165) is 0 Å². The molecule has 0 saturated heterocycles. The van der Waals surface area contributed by atoms with Crippen LogP contribution in [0.2, 0.25) is 39.3 Å². The SMILES string of the molecule is C[Si](C)(C)[C]1C=CC([Si](C)(C)C)=C1C1C=Cc2ccccc21. The number of hydrogen-bond donors (Lipinski definition) is 0. The summed E-state index contributed by atoms with van der Waals surface area (Å²) in [6.45, 7) is 14.9. The van der Waals surface area contributed by atoms with Gasteiger partial charge in [0, 0.05) is 11.5 Å². The molecular weight excluding hydrogens is 296 g/mol. The van der Waals surface area contributed by atoms with Gasteiger partial charge in [-0.3, -0.25) is 0 Å². The van der Waals surface area contributed by atoms with Crippen LogP contribution in [0.5, 0.6) is 0 Å². The fraction of sp³-hybridized carbons (Fsp3) is 0.350. The van der Waals surface area contributed by atoms with Crippen molar-refractivity contribution in [3.8, 4) is 0 Å². The van der Waals surface area contributed by atoms with E-state index >= 15 is 0 Å². The number of benzene rings is 1. The third-order valence-electron chi connectivity index (χ3n) is 4.72. The molecule has 3 rings (SSSR count). The first-order valence-electron chi connectivity index (χ1n) is 8.27. The molecule has 0 bridgehead atoms. The molecule has 0 aliphatic heterocycles. The summed E-state index contributed by atoms with van der Waals surface area (Å²) in [4.78, 5) is 0. The van der Waals surface area contributed by atoms with Gasteiger partial charge in [0.05, 0.1) is 16.1 Å². The Morgan fingerprint density at radius 3 is 2.09 bits per heavy atom. The molecule has 2 heteroatoms. The van der Waals surface area contributed by atoms with E-state index in [4.69, 9.17) is 0 Å². The summed E-state index contributed by atoms with van der Waals surface area (Å²) in [5, 5.41) is 1.66. The van der Waals surface area contributed by atoms with E-state index in [9.17, 15) is 0 Å². The molecule has 115 valence electrons. The highest BCUT2D eigenvalue weighted by Gasteiger charge is 2.40. The monoisotopic (exact) mass is 323 g/mol. The van der Waals surface area contributed by atoms with Crippen molar-refractivity contribution >= 4 is 22.2 Å². The van der Waals surface area contributed by atoms with E-state index in [1.165, 1.54) is 11.1 Å². The van der Waals surface area contributed by atoms with Crippen LogP contribution in [-0.2, 0) is 0 Å². The Morgan fingerprint density at radius 1 is 0.773 bits per heavy atom. The van der Waals surface area contributed by atoms with Gasteiger partial charge in [-0.2, -0.15) is 0 Å². The minimum Gasteiger partial charge on any atom is -0.0762 e. The average Bonchev–Trinajstić information content (AvgIpc) is 3.00. The highest BCUT2D eigenvalue weighted by atomic mass is 28.3. The lowest BCUT2D eigenvalue weighted by atomic mass is 9.92. The molecule has 1 unspecified atom stereocenters. The summed E-state index contributed by atoms with van der Waals surface area (Å²) in [6, 6.07) is 8.89. The molecule has 2 aliphatic rings. The number of fused-ring (bicyclic) bond motifs is 1. The maximum absolute atomic E-state index is 2.48. The summed E-state index contributed by atoms with van der Waals surface area (Å²) >= 11 is 0. The van der Waals surface area contributed by atoms with E-state index < -0.39 is 16.1 Å². The summed E-state index contributed by atoms with van der Waals surface area (Å²) in [5.41, 5.74) is 6.21. The molecule has 0 amide bonds. The second kappa shape index (κ2) is 5.21. The van der Waals surface area contributed by atoms with Crippen LogP contribution in [0, 0.1) is 5.54 Å². The number of hydrogen-bond acceptors (Lipinski definition) is 0. The van der Waals surface area contributed by atoms with Gasteiger partial charge >= 0.3 is 0 Å². The van der Waals surface area contributed by atoms with Crippen LogP contribution in [0.1, 0.15) is 17.0 Å². The van der Waals surface area contributed by atoms with Crippen molar-refractivity contribution < 1.29 is 0 Å². The lowest BCUT2D eigenvalue weighted by molar-refractivity contribution is 1.01. The molecule has 22 heavy (non-hydrogen) atoms. The van der Waals surface area contributed by atoms with Crippen molar-refractivity contribution in [1.29, 1.82) is 0 Å². The van der Waals surface area contributed by atoms with Gasteiger partial charge < -0.3 is 0 Å². The molecule has 0 nitrogen and oxygen atoms in total. The Bertz CT molecular complexity index is 678. The third kappa shape index (κ3) is 2.63. The van der Waals surface area contributed by atoms with Gasteiger partial charge in [-0.25, -0.2) is 0 Å². The van der Waals surface area contributed by atoms with Gasteiger partial charge in [0.15, 0.2) is 0 Å². The molecule has 0 heterocycles. The number of allylic oxidation sites excluding steroid dienone is 5. The maximum Gasteiger partial charge on any atom is 0.0775 e. The van der Waals surface area contributed by atoms with E-state index in [1.807, 2.05) is 0 Å². The highest BCUT2D eigenvalue weighted by Crippen LogP contribution is 2.48. The van der Waals surface area contributed by atoms with Crippen LogP contribution in [-0.4, -0.2) is 16.1 Å². The van der Waals surface area contributed by atoms with Crippen molar-refractivity contribution in [1.82, 2.24) is 0 Å². The van der Waals surface area contributed by atoms with Crippen LogP contribution in [0.3, 0.4) is 0 Å². The van der Waals surface area contributed by atoms with Crippen LogP contribution >= 0.6 is 0 Å². The Hall–Kier alpha value is -1.13. The summed E-state index contributed by atoms with van der Waals surface area (Å²) < 4.78 is 0. The molecule has 1 radical (unpaired) electrons. The number of rotatable bonds is 3. The molecule has 1 aromatic rings. The minimum absolute atomic E-state index is 0.467. The predicted molar refractivity (Wildman–Crippen MR) is 104 cm³/mol. The van der Waals surface area contributed by atoms with Crippen LogP contribution < -0.4 is 0 Å². The molecule has 0 N–H and O–H groups in total. The summed E-state index contributed by atoms with van der Waals surface area (Å²) in [6.07, 6.45) is 9.64. The van der Waals surface area contributed by atoms with Crippen LogP contribution in [0.4, 0.5) is 0 Å². The first kappa shape index (κ1) is 15.8. The van der Waals surface area contributed by atoms with Gasteiger partial charge in [0.25, 0.3) is 0 Å². The standard InChI is InChI=1S/C20H27Si2/c1-21(2,3)18-13-14-19(22(4,5)6)20(18)17-12-11-15-9-7-8-10-16(15)17/h7-14,17H,1-6H3. The molecular formula is C20H27Si2. The van der Waals surface area contributed by atoms with Gasteiger partial charge in [-0.15, -0.1) is 0 Å². The molecule has 0 aromatic heterocycles. The van der Waals surface area contributed by atoms with E-state index in [2.05, 4.69) is 87.9 Å². The van der Waals surface area contributed by atoms with Gasteiger partial charge in [-0.1, -0.05) is 98.6 Å².